The highest BCUT2D eigenvalue weighted by atomic mass is 35.5. The molecule has 1 aliphatic rings. The van der Waals surface area contributed by atoms with Crippen molar-refractivity contribution in [1.82, 2.24) is 10.4 Å². The molecule has 126 valence electrons. The molecule has 0 atom stereocenters. The summed E-state index contributed by atoms with van der Waals surface area (Å²) in [4.78, 5) is 25.0. The third kappa shape index (κ3) is 4.39. The van der Waals surface area contributed by atoms with Crippen LogP contribution in [0.1, 0.15) is 5.56 Å². The maximum Gasteiger partial charge on any atom is 0.338 e. The lowest BCUT2D eigenvalue weighted by molar-refractivity contribution is -0.123. The summed E-state index contributed by atoms with van der Waals surface area (Å²) in [5, 5.41) is 4.23. The molecule has 1 fully saturated rings. The molecule has 3 amide bonds. The van der Waals surface area contributed by atoms with Crippen molar-refractivity contribution in [3.05, 3.63) is 70.1 Å². The van der Waals surface area contributed by atoms with Crippen molar-refractivity contribution in [1.29, 1.82) is 0 Å². The number of anilines is 1. The third-order valence-electron chi connectivity index (χ3n) is 3.21. The number of carbonyl (C=O) groups is 2. The minimum atomic E-state index is -0.570. The van der Waals surface area contributed by atoms with Crippen LogP contribution in [0.5, 0.6) is 0 Å². The second-order valence-electron chi connectivity index (χ2n) is 5.00. The molecule has 2 aromatic rings. The molecular formula is C17H12ClN3O2S2. The highest BCUT2D eigenvalue weighted by Crippen LogP contribution is 2.31. The predicted octanol–water partition coefficient (Wildman–Crippen LogP) is 4.28. The van der Waals surface area contributed by atoms with Crippen LogP contribution in [0.25, 0.3) is 6.08 Å². The minimum Gasteiger partial charge on any atom is -0.307 e. The fourth-order valence-corrected chi connectivity index (χ4v) is 3.36. The molecule has 0 spiro atoms. The first-order chi connectivity index (χ1) is 12.0. The van der Waals surface area contributed by atoms with Crippen molar-refractivity contribution in [3.63, 3.8) is 0 Å². The Labute approximate surface area is 159 Å². The van der Waals surface area contributed by atoms with E-state index in [0.29, 0.717) is 15.6 Å². The van der Waals surface area contributed by atoms with Crippen LogP contribution in [0, 0.1) is 0 Å². The van der Waals surface area contributed by atoms with E-state index in [1.165, 1.54) is 0 Å². The van der Waals surface area contributed by atoms with Crippen molar-refractivity contribution in [3.8, 4) is 0 Å². The lowest BCUT2D eigenvalue weighted by Crippen LogP contribution is -2.46. The molecule has 0 aliphatic carbocycles. The van der Waals surface area contributed by atoms with Gasteiger partial charge in [0.25, 0.3) is 5.91 Å². The SMILES string of the molecule is O=C(Nc1ccc(Cl)cc1)NN1C(=O)C(=Cc2ccccc2)SC1=S. The average molecular weight is 390 g/mol. The molecule has 0 aromatic heterocycles. The Balaban J connectivity index is 1.67. The van der Waals surface area contributed by atoms with Crippen LogP contribution in [-0.4, -0.2) is 21.3 Å². The van der Waals surface area contributed by atoms with Gasteiger partial charge in [0.1, 0.15) is 0 Å². The number of urea groups is 1. The molecule has 0 bridgehead atoms. The Morgan fingerprint density at radius 3 is 2.48 bits per heavy atom. The number of nitrogens with zero attached hydrogens (tertiary/aromatic N) is 1. The Morgan fingerprint density at radius 1 is 1.12 bits per heavy atom. The van der Waals surface area contributed by atoms with Crippen molar-refractivity contribution in [2.24, 2.45) is 0 Å². The number of thioether (sulfide) groups is 1. The van der Waals surface area contributed by atoms with Crippen LogP contribution in [0.2, 0.25) is 5.02 Å². The van der Waals surface area contributed by atoms with Gasteiger partial charge >= 0.3 is 6.03 Å². The number of amides is 3. The van der Waals surface area contributed by atoms with Crippen LogP contribution in [0.4, 0.5) is 10.5 Å². The van der Waals surface area contributed by atoms with Gasteiger partial charge in [-0.2, -0.15) is 5.01 Å². The summed E-state index contributed by atoms with van der Waals surface area (Å²) in [6, 6.07) is 15.5. The summed E-state index contributed by atoms with van der Waals surface area (Å²) < 4.78 is 0.262. The molecule has 3 rings (SSSR count). The maximum atomic E-state index is 12.4. The predicted molar refractivity (Wildman–Crippen MR) is 105 cm³/mol. The molecule has 8 heteroatoms. The van der Waals surface area contributed by atoms with Gasteiger partial charge in [0.15, 0.2) is 4.32 Å². The van der Waals surface area contributed by atoms with Crippen LogP contribution in [0.15, 0.2) is 59.5 Å². The van der Waals surface area contributed by atoms with Gasteiger partial charge in [0.2, 0.25) is 0 Å². The number of thiocarbonyl (C=S) groups is 1. The van der Waals surface area contributed by atoms with Crippen LogP contribution >= 0.6 is 35.6 Å². The largest absolute Gasteiger partial charge is 0.338 e. The molecule has 1 aliphatic heterocycles. The first-order valence-electron chi connectivity index (χ1n) is 7.19. The van der Waals surface area contributed by atoms with Crippen LogP contribution in [0.3, 0.4) is 0 Å². The Morgan fingerprint density at radius 2 is 1.80 bits per heavy atom. The number of halogens is 1. The van der Waals surface area contributed by atoms with Crippen molar-refractivity contribution >= 4 is 63.6 Å². The Kier molecular flexibility index (Phi) is 5.37. The van der Waals surface area contributed by atoms with Crippen LogP contribution in [-0.2, 0) is 4.79 Å². The topological polar surface area (TPSA) is 61.4 Å². The first-order valence-corrected chi connectivity index (χ1v) is 8.79. The van der Waals surface area contributed by atoms with E-state index in [1.54, 1.807) is 30.3 Å². The van der Waals surface area contributed by atoms with Gasteiger partial charge in [-0.1, -0.05) is 53.7 Å². The lowest BCUT2D eigenvalue weighted by Gasteiger charge is -2.16. The fraction of sp³-hybridized carbons (Fsp3) is 0. The number of nitrogens with one attached hydrogen (secondary N) is 2. The zero-order valence-corrected chi connectivity index (χ0v) is 15.1. The summed E-state index contributed by atoms with van der Waals surface area (Å²) in [5.74, 6) is -0.370. The van der Waals surface area contributed by atoms with E-state index in [1.807, 2.05) is 30.3 Å². The molecule has 2 N–H and O–H groups in total. The van der Waals surface area contributed by atoms with E-state index in [9.17, 15) is 9.59 Å². The van der Waals surface area contributed by atoms with E-state index < -0.39 is 6.03 Å². The number of benzene rings is 2. The minimum absolute atomic E-state index is 0.262. The number of hydrogen-bond donors (Lipinski definition) is 2. The molecule has 25 heavy (non-hydrogen) atoms. The number of carbonyl (C=O) groups excluding carboxylic acids is 2. The van der Waals surface area contributed by atoms with Gasteiger partial charge in [0, 0.05) is 10.7 Å². The summed E-state index contributed by atoms with van der Waals surface area (Å²) in [6.45, 7) is 0. The van der Waals surface area contributed by atoms with Gasteiger partial charge in [0.05, 0.1) is 4.91 Å². The molecule has 1 heterocycles. The van der Waals surface area contributed by atoms with Crippen molar-refractivity contribution in [2.75, 3.05) is 5.32 Å². The molecule has 0 saturated carbocycles. The third-order valence-corrected chi connectivity index (χ3v) is 4.76. The normalized spacial score (nSPS) is 15.6. The smallest absolute Gasteiger partial charge is 0.307 e. The first kappa shape index (κ1) is 17.5. The van der Waals surface area contributed by atoms with Gasteiger partial charge in [-0.3, -0.25) is 4.79 Å². The van der Waals surface area contributed by atoms with Crippen molar-refractivity contribution in [2.45, 2.75) is 0 Å². The Bertz CT molecular complexity index is 854. The van der Waals surface area contributed by atoms with Crippen LogP contribution < -0.4 is 10.7 Å². The van der Waals surface area contributed by atoms with E-state index in [-0.39, 0.29) is 10.2 Å². The van der Waals surface area contributed by atoms with E-state index in [2.05, 4.69) is 10.7 Å². The van der Waals surface area contributed by atoms with Gasteiger partial charge in [-0.15, -0.1) is 0 Å². The number of rotatable bonds is 3. The summed E-state index contributed by atoms with van der Waals surface area (Å²) in [6.07, 6.45) is 1.73. The number of hydrazine groups is 1. The molecule has 0 radical (unpaired) electrons. The standard InChI is InChI=1S/C17H12ClN3O2S2/c18-12-6-8-13(9-7-12)19-16(23)20-21-15(22)14(25-17(21)24)10-11-4-2-1-3-5-11/h1-10H,(H2,19,20,23). The highest BCUT2D eigenvalue weighted by molar-refractivity contribution is 8.26. The molecule has 1 saturated heterocycles. The van der Waals surface area contributed by atoms with E-state index >= 15 is 0 Å². The summed E-state index contributed by atoms with van der Waals surface area (Å²) in [7, 11) is 0. The lowest BCUT2D eigenvalue weighted by atomic mass is 10.2. The monoisotopic (exact) mass is 389 g/mol. The highest BCUT2D eigenvalue weighted by Gasteiger charge is 2.33. The number of hydrogen-bond acceptors (Lipinski definition) is 4. The molecule has 5 nitrogen and oxygen atoms in total. The fourth-order valence-electron chi connectivity index (χ4n) is 2.06. The quantitative estimate of drug-likeness (QED) is 0.607. The summed E-state index contributed by atoms with van der Waals surface area (Å²) >= 11 is 12.1. The van der Waals surface area contributed by atoms with E-state index in [4.69, 9.17) is 23.8 Å². The Hall–Kier alpha value is -2.35. The second-order valence-corrected chi connectivity index (χ2v) is 7.11. The van der Waals surface area contributed by atoms with Gasteiger partial charge < -0.3 is 5.32 Å². The van der Waals surface area contributed by atoms with Crippen molar-refractivity contribution < 1.29 is 9.59 Å². The van der Waals surface area contributed by atoms with Gasteiger partial charge in [-0.25, -0.2) is 10.2 Å². The van der Waals surface area contributed by atoms with Gasteiger partial charge in [-0.05, 0) is 48.1 Å². The average Bonchev–Trinajstić information content (AvgIpc) is 2.85. The second kappa shape index (κ2) is 7.69. The zero-order valence-electron chi connectivity index (χ0n) is 12.7. The van der Waals surface area contributed by atoms with E-state index in [0.717, 1.165) is 22.3 Å². The molecule has 2 aromatic carbocycles. The molecule has 0 unspecified atom stereocenters. The maximum absolute atomic E-state index is 12.4. The zero-order chi connectivity index (χ0) is 17.8. The molecular weight excluding hydrogens is 378 g/mol. The summed E-state index contributed by atoms with van der Waals surface area (Å²) in [5.41, 5.74) is 3.89.